The highest BCUT2D eigenvalue weighted by Gasteiger charge is 2.09. The summed E-state index contributed by atoms with van der Waals surface area (Å²) < 4.78 is 0. The van der Waals surface area contributed by atoms with Crippen LogP contribution in [0.1, 0.15) is 17.5 Å². The number of nitrogens with zero attached hydrogens (tertiary/aromatic N) is 2. The number of hydrogen-bond donors (Lipinski definition) is 1. The zero-order valence-electron chi connectivity index (χ0n) is 12.4. The predicted octanol–water partition coefficient (Wildman–Crippen LogP) is 1.72. The van der Waals surface area contributed by atoms with Gasteiger partial charge in [-0.3, -0.25) is 0 Å². The molecule has 0 aliphatic carbocycles. The van der Waals surface area contributed by atoms with Gasteiger partial charge in [0.15, 0.2) is 0 Å². The lowest BCUT2D eigenvalue weighted by atomic mass is 10.1. The number of nitrogens with one attached hydrogen (secondary N) is 1. The molecule has 19 heavy (non-hydrogen) atoms. The maximum Gasteiger partial charge on any atom is 0.0231 e. The molecule has 1 aromatic carbocycles. The van der Waals surface area contributed by atoms with Crippen LogP contribution < -0.4 is 5.32 Å². The monoisotopic (exact) mass is 261 g/mol. The molecule has 0 spiro atoms. The molecule has 1 aromatic rings. The van der Waals surface area contributed by atoms with Gasteiger partial charge in [-0.2, -0.15) is 0 Å². The molecule has 1 heterocycles. The van der Waals surface area contributed by atoms with Crippen LogP contribution in [0, 0.1) is 6.92 Å². The third-order valence-electron chi connectivity index (χ3n) is 3.77. The van der Waals surface area contributed by atoms with Gasteiger partial charge in [0.1, 0.15) is 0 Å². The van der Waals surface area contributed by atoms with Crippen LogP contribution in [0.25, 0.3) is 0 Å². The maximum atomic E-state index is 3.46. The van der Waals surface area contributed by atoms with Gasteiger partial charge in [-0.05, 0) is 39.0 Å². The van der Waals surface area contributed by atoms with Crippen molar-refractivity contribution in [2.24, 2.45) is 0 Å². The molecule has 0 atom stereocenters. The molecule has 3 heteroatoms. The first-order valence-electron chi connectivity index (χ1n) is 7.41. The smallest absolute Gasteiger partial charge is 0.0231 e. The molecule has 1 aliphatic rings. The Morgan fingerprint density at radius 2 is 2.16 bits per heavy atom. The summed E-state index contributed by atoms with van der Waals surface area (Å²) >= 11 is 0. The van der Waals surface area contributed by atoms with Crippen LogP contribution in [0.3, 0.4) is 0 Å². The summed E-state index contributed by atoms with van der Waals surface area (Å²) in [6.45, 7) is 10.3. The van der Waals surface area contributed by atoms with Crippen LogP contribution >= 0.6 is 0 Å². The van der Waals surface area contributed by atoms with Crippen LogP contribution in [0.5, 0.6) is 0 Å². The summed E-state index contributed by atoms with van der Waals surface area (Å²) in [5.41, 5.74) is 2.77. The minimum atomic E-state index is 1.05. The summed E-state index contributed by atoms with van der Waals surface area (Å²) in [6.07, 6.45) is 1.28. The average Bonchev–Trinajstić information content (AvgIpc) is 2.65. The second-order valence-electron chi connectivity index (χ2n) is 5.67. The van der Waals surface area contributed by atoms with E-state index >= 15 is 0 Å². The van der Waals surface area contributed by atoms with Crippen molar-refractivity contribution in [3.63, 3.8) is 0 Å². The van der Waals surface area contributed by atoms with Crippen molar-refractivity contribution < 1.29 is 0 Å². The van der Waals surface area contributed by atoms with Gasteiger partial charge in [0.05, 0.1) is 0 Å². The molecule has 0 aromatic heterocycles. The Labute approximate surface area is 117 Å². The molecule has 1 N–H and O–H groups in total. The van der Waals surface area contributed by atoms with Crippen molar-refractivity contribution in [1.29, 1.82) is 0 Å². The Kier molecular flexibility index (Phi) is 5.83. The van der Waals surface area contributed by atoms with Crippen molar-refractivity contribution in [2.75, 3.05) is 46.3 Å². The van der Waals surface area contributed by atoms with Gasteiger partial charge in [-0.25, -0.2) is 0 Å². The molecular weight excluding hydrogens is 234 g/mol. The summed E-state index contributed by atoms with van der Waals surface area (Å²) in [4.78, 5) is 5.00. The lowest BCUT2D eigenvalue weighted by Gasteiger charge is -2.24. The molecule has 106 valence electrons. The van der Waals surface area contributed by atoms with E-state index in [0.717, 1.165) is 19.6 Å². The van der Waals surface area contributed by atoms with Crippen LogP contribution in [-0.4, -0.2) is 56.1 Å². The molecule has 1 fully saturated rings. The number of likely N-dealkylation sites (N-methyl/N-ethyl adjacent to an activating group) is 1. The van der Waals surface area contributed by atoms with E-state index in [9.17, 15) is 0 Å². The fourth-order valence-electron chi connectivity index (χ4n) is 2.64. The Hall–Kier alpha value is -0.900. The van der Waals surface area contributed by atoms with Crippen molar-refractivity contribution in [3.8, 4) is 0 Å². The molecule has 0 unspecified atom stereocenters. The van der Waals surface area contributed by atoms with Crippen molar-refractivity contribution >= 4 is 0 Å². The third-order valence-corrected chi connectivity index (χ3v) is 3.77. The van der Waals surface area contributed by atoms with E-state index < -0.39 is 0 Å². The predicted molar refractivity (Wildman–Crippen MR) is 81.4 cm³/mol. The van der Waals surface area contributed by atoms with Gasteiger partial charge in [-0.15, -0.1) is 0 Å². The van der Waals surface area contributed by atoms with E-state index in [2.05, 4.69) is 53.4 Å². The summed E-state index contributed by atoms with van der Waals surface area (Å²) in [6, 6.07) is 8.82. The summed E-state index contributed by atoms with van der Waals surface area (Å²) in [5, 5.41) is 3.46. The molecule has 0 saturated carbocycles. The number of rotatable bonds is 5. The van der Waals surface area contributed by atoms with Gasteiger partial charge in [-0.1, -0.05) is 29.8 Å². The largest absolute Gasteiger partial charge is 0.315 e. The van der Waals surface area contributed by atoms with Gasteiger partial charge >= 0.3 is 0 Å². The fourth-order valence-corrected chi connectivity index (χ4v) is 2.64. The molecular formula is C16H27N3. The first-order chi connectivity index (χ1) is 9.24. The van der Waals surface area contributed by atoms with Gasteiger partial charge in [0, 0.05) is 32.7 Å². The van der Waals surface area contributed by atoms with Crippen molar-refractivity contribution in [2.45, 2.75) is 19.9 Å². The van der Waals surface area contributed by atoms with Gasteiger partial charge < -0.3 is 15.1 Å². The van der Waals surface area contributed by atoms with E-state index in [-0.39, 0.29) is 0 Å². The summed E-state index contributed by atoms with van der Waals surface area (Å²) in [7, 11) is 2.22. The first kappa shape index (κ1) is 14.5. The zero-order chi connectivity index (χ0) is 13.5. The van der Waals surface area contributed by atoms with Crippen LogP contribution in [0.15, 0.2) is 24.3 Å². The third kappa shape index (κ3) is 5.31. The molecule has 1 aliphatic heterocycles. The summed E-state index contributed by atoms with van der Waals surface area (Å²) in [5.74, 6) is 0. The normalized spacial score (nSPS) is 17.6. The molecule has 0 bridgehead atoms. The van der Waals surface area contributed by atoms with E-state index in [1.165, 1.54) is 43.7 Å². The Morgan fingerprint density at radius 3 is 3.00 bits per heavy atom. The average molecular weight is 261 g/mol. The molecule has 0 amide bonds. The highest BCUT2D eigenvalue weighted by Crippen LogP contribution is 2.06. The zero-order valence-corrected chi connectivity index (χ0v) is 12.4. The SMILES string of the molecule is Cc1cccc(CN(C)CCN2CCCNCC2)c1. The highest BCUT2D eigenvalue weighted by molar-refractivity contribution is 5.21. The minimum absolute atomic E-state index is 1.05. The van der Waals surface area contributed by atoms with Crippen LogP contribution in [-0.2, 0) is 6.54 Å². The second kappa shape index (κ2) is 7.63. The van der Waals surface area contributed by atoms with E-state index in [1.807, 2.05) is 0 Å². The molecule has 2 rings (SSSR count). The highest BCUT2D eigenvalue weighted by atomic mass is 15.2. The van der Waals surface area contributed by atoms with Crippen molar-refractivity contribution in [3.05, 3.63) is 35.4 Å². The molecule has 3 nitrogen and oxygen atoms in total. The maximum absolute atomic E-state index is 3.46. The topological polar surface area (TPSA) is 18.5 Å². The molecule has 1 saturated heterocycles. The van der Waals surface area contributed by atoms with Crippen LogP contribution in [0.2, 0.25) is 0 Å². The lowest BCUT2D eigenvalue weighted by Crippen LogP contribution is -2.35. The number of benzene rings is 1. The second-order valence-corrected chi connectivity index (χ2v) is 5.67. The van der Waals surface area contributed by atoms with E-state index in [0.29, 0.717) is 0 Å². The van der Waals surface area contributed by atoms with Gasteiger partial charge in [0.2, 0.25) is 0 Å². The Morgan fingerprint density at radius 1 is 1.26 bits per heavy atom. The standard InChI is InChI=1S/C16H27N3/c1-15-5-3-6-16(13-15)14-18(2)11-12-19-9-4-7-17-8-10-19/h3,5-6,13,17H,4,7-12,14H2,1-2H3. The quantitative estimate of drug-likeness (QED) is 0.871. The van der Waals surface area contributed by atoms with Crippen molar-refractivity contribution in [1.82, 2.24) is 15.1 Å². The molecule has 0 radical (unpaired) electrons. The fraction of sp³-hybridized carbons (Fsp3) is 0.625. The number of hydrogen-bond acceptors (Lipinski definition) is 3. The Bertz CT molecular complexity index is 370. The van der Waals surface area contributed by atoms with Gasteiger partial charge in [0.25, 0.3) is 0 Å². The first-order valence-corrected chi connectivity index (χ1v) is 7.41. The van der Waals surface area contributed by atoms with E-state index in [1.54, 1.807) is 0 Å². The van der Waals surface area contributed by atoms with E-state index in [4.69, 9.17) is 0 Å². The van der Waals surface area contributed by atoms with Crippen LogP contribution in [0.4, 0.5) is 0 Å². The number of aryl methyl sites for hydroxylation is 1. The lowest BCUT2D eigenvalue weighted by molar-refractivity contribution is 0.231. The minimum Gasteiger partial charge on any atom is -0.315 e. The Balaban J connectivity index is 1.73.